The molecule has 0 amide bonds. The third-order valence-corrected chi connectivity index (χ3v) is 4.37. The fourth-order valence-corrected chi connectivity index (χ4v) is 2.75. The van der Waals surface area contributed by atoms with E-state index in [1.54, 1.807) is 0 Å². The minimum Gasteiger partial charge on any atom is -0.465 e. The molecule has 3 nitrogen and oxygen atoms in total. The molecule has 2 fully saturated rings. The van der Waals surface area contributed by atoms with E-state index in [1.807, 2.05) is 0 Å². The number of esters is 1. The van der Waals surface area contributed by atoms with E-state index in [2.05, 4.69) is 12.2 Å². The topological polar surface area (TPSA) is 38.3 Å². The molecule has 1 aliphatic carbocycles. The van der Waals surface area contributed by atoms with Crippen molar-refractivity contribution in [3.63, 3.8) is 0 Å². The zero-order valence-electron chi connectivity index (χ0n) is 10.9. The standard InChI is InChI=1S/C14H25NO2/c1-2-11-6-8-15-13(10-11)14(16)17-9-7-12-4-3-5-12/h11-13,15H,2-10H2,1H3. The lowest BCUT2D eigenvalue weighted by molar-refractivity contribution is -0.147. The van der Waals surface area contributed by atoms with Gasteiger partial charge in [-0.3, -0.25) is 4.79 Å². The second-order valence-corrected chi connectivity index (χ2v) is 5.56. The monoisotopic (exact) mass is 239 g/mol. The van der Waals surface area contributed by atoms with Crippen LogP contribution in [-0.4, -0.2) is 25.2 Å². The first kappa shape index (κ1) is 12.9. The van der Waals surface area contributed by atoms with Crippen molar-refractivity contribution >= 4 is 5.97 Å². The van der Waals surface area contributed by atoms with E-state index in [4.69, 9.17) is 4.74 Å². The molecular formula is C14H25NO2. The van der Waals surface area contributed by atoms with Gasteiger partial charge in [0.15, 0.2) is 0 Å². The predicted octanol–water partition coefficient (Wildman–Crippen LogP) is 2.50. The molecule has 0 aromatic heterocycles. The smallest absolute Gasteiger partial charge is 0.323 e. The lowest BCUT2D eigenvalue weighted by Crippen LogP contribution is -2.44. The van der Waals surface area contributed by atoms with E-state index in [9.17, 15) is 4.79 Å². The fraction of sp³-hybridized carbons (Fsp3) is 0.929. The molecule has 0 bridgehead atoms. The van der Waals surface area contributed by atoms with E-state index in [-0.39, 0.29) is 12.0 Å². The number of nitrogens with one attached hydrogen (secondary N) is 1. The highest BCUT2D eigenvalue weighted by atomic mass is 16.5. The Bertz CT molecular complexity index is 251. The van der Waals surface area contributed by atoms with Crippen LogP contribution in [-0.2, 0) is 9.53 Å². The molecule has 0 spiro atoms. The highest BCUT2D eigenvalue weighted by Gasteiger charge is 2.27. The molecule has 1 aliphatic heterocycles. The minimum absolute atomic E-state index is 0.0255. The summed E-state index contributed by atoms with van der Waals surface area (Å²) in [5.41, 5.74) is 0. The van der Waals surface area contributed by atoms with Crippen LogP contribution in [0.4, 0.5) is 0 Å². The van der Waals surface area contributed by atoms with Gasteiger partial charge in [-0.05, 0) is 37.6 Å². The molecule has 98 valence electrons. The van der Waals surface area contributed by atoms with E-state index in [0.717, 1.165) is 25.3 Å². The molecule has 0 radical (unpaired) electrons. The van der Waals surface area contributed by atoms with Crippen LogP contribution < -0.4 is 5.32 Å². The molecule has 2 rings (SSSR count). The number of hydrogen-bond acceptors (Lipinski definition) is 3. The molecule has 0 aromatic carbocycles. The average Bonchev–Trinajstić information content (AvgIpc) is 2.32. The summed E-state index contributed by atoms with van der Waals surface area (Å²) < 4.78 is 5.38. The van der Waals surface area contributed by atoms with E-state index >= 15 is 0 Å². The van der Waals surface area contributed by atoms with Gasteiger partial charge in [0, 0.05) is 0 Å². The average molecular weight is 239 g/mol. The zero-order valence-corrected chi connectivity index (χ0v) is 10.9. The van der Waals surface area contributed by atoms with Crippen molar-refractivity contribution in [2.24, 2.45) is 11.8 Å². The molecule has 1 saturated carbocycles. The Hall–Kier alpha value is -0.570. The van der Waals surface area contributed by atoms with E-state index < -0.39 is 0 Å². The molecule has 2 unspecified atom stereocenters. The first-order valence-corrected chi connectivity index (χ1v) is 7.19. The van der Waals surface area contributed by atoms with Crippen LogP contribution >= 0.6 is 0 Å². The van der Waals surface area contributed by atoms with Gasteiger partial charge in [-0.15, -0.1) is 0 Å². The summed E-state index contributed by atoms with van der Waals surface area (Å²) in [4.78, 5) is 11.9. The van der Waals surface area contributed by atoms with Crippen molar-refractivity contribution in [2.75, 3.05) is 13.2 Å². The summed E-state index contributed by atoms with van der Waals surface area (Å²) in [5.74, 6) is 1.49. The number of carbonyl (C=O) groups excluding carboxylic acids is 1. The summed E-state index contributed by atoms with van der Waals surface area (Å²) >= 11 is 0. The van der Waals surface area contributed by atoms with Crippen molar-refractivity contribution in [1.82, 2.24) is 5.32 Å². The van der Waals surface area contributed by atoms with Gasteiger partial charge in [0.2, 0.25) is 0 Å². The molecule has 1 heterocycles. The Kier molecular flexibility index (Phi) is 4.84. The Balaban J connectivity index is 1.63. The number of rotatable bonds is 5. The van der Waals surface area contributed by atoms with Crippen molar-refractivity contribution in [3.05, 3.63) is 0 Å². The number of hydrogen-bond donors (Lipinski definition) is 1. The van der Waals surface area contributed by atoms with Crippen molar-refractivity contribution < 1.29 is 9.53 Å². The Morgan fingerprint density at radius 3 is 2.76 bits per heavy atom. The summed E-state index contributed by atoms with van der Waals surface area (Å²) in [7, 11) is 0. The Morgan fingerprint density at radius 2 is 2.12 bits per heavy atom. The van der Waals surface area contributed by atoms with Crippen LogP contribution in [0.5, 0.6) is 0 Å². The molecule has 2 aliphatic rings. The van der Waals surface area contributed by atoms with Crippen LogP contribution in [0, 0.1) is 11.8 Å². The van der Waals surface area contributed by atoms with Crippen LogP contribution in [0.2, 0.25) is 0 Å². The van der Waals surface area contributed by atoms with Gasteiger partial charge < -0.3 is 10.1 Å². The summed E-state index contributed by atoms with van der Waals surface area (Å²) in [6.07, 6.45) is 8.42. The van der Waals surface area contributed by atoms with Crippen LogP contribution in [0.3, 0.4) is 0 Å². The second-order valence-electron chi connectivity index (χ2n) is 5.56. The third-order valence-electron chi connectivity index (χ3n) is 4.37. The number of ether oxygens (including phenoxy) is 1. The quantitative estimate of drug-likeness (QED) is 0.749. The lowest BCUT2D eigenvalue weighted by Gasteiger charge is -2.29. The second kappa shape index (κ2) is 6.39. The first-order valence-electron chi connectivity index (χ1n) is 7.19. The van der Waals surface area contributed by atoms with Gasteiger partial charge in [-0.25, -0.2) is 0 Å². The lowest BCUT2D eigenvalue weighted by atomic mass is 9.83. The zero-order chi connectivity index (χ0) is 12.1. The molecular weight excluding hydrogens is 214 g/mol. The maximum atomic E-state index is 11.9. The largest absolute Gasteiger partial charge is 0.465 e. The van der Waals surface area contributed by atoms with E-state index in [0.29, 0.717) is 12.5 Å². The molecule has 1 N–H and O–H groups in total. The highest BCUT2D eigenvalue weighted by molar-refractivity contribution is 5.75. The van der Waals surface area contributed by atoms with Gasteiger partial charge >= 0.3 is 5.97 Å². The van der Waals surface area contributed by atoms with Crippen molar-refractivity contribution in [3.8, 4) is 0 Å². The number of piperidine rings is 1. The van der Waals surface area contributed by atoms with Crippen LogP contribution in [0.1, 0.15) is 51.9 Å². The van der Waals surface area contributed by atoms with Crippen LogP contribution in [0.25, 0.3) is 0 Å². The fourth-order valence-electron chi connectivity index (χ4n) is 2.75. The number of carbonyl (C=O) groups is 1. The first-order chi connectivity index (χ1) is 8.29. The van der Waals surface area contributed by atoms with Gasteiger partial charge in [0.05, 0.1) is 6.61 Å². The molecule has 2 atom stereocenters. The van der Waals surface area contributed by atoms with Gasteiger partial charge in [-0.1, -0.05) is 32.6 Å². The maximum Gasteiger partial charge on any atom is 0.323 e. The van der Waals surface area contributed by atoms with Gasteiger partial charge in [0.1, 0.15) is 6.04 Å². The Morgan fingerprint density at radius 1 is 1.29 bits per heavy atom. The summed E-state index contributed by atoms with van der Waals surface area (Å²) in [6.45, 7) is 3.79. The van der Waals surface area contributed by atoms with Crippen LogP contribution in [0.15, 0.2) is 0 Å². The van der Waals surface area contributed by atoms with Crippen molar-refractivity contribution in [1.29, 1.82) is 0 Å². The molecule has 0 aromatic rings. The Labute approximate surface area is 104 Å². The van der Waals surface area contributed by atoms with Gasteiger partial charge in [-0.2, -0.15) is 0 Å². The normalized spacial score (nSPS) is 29.7. The third kappa shape index (κ3) is 3.70. The minimum atomic E-state index is -0.0462. The summed E-state index contributed by atoms with van der Waals surface area (Å²) in [6, 6.07) is -0.0462. The SMILES string of the molecule is CCC1CCNC(C(=O)OCCC2CCC2)C1. The molecule has 3 heteroatoms. The molecule has 1 saturated heterocycles. The predicted molar refractivity (Wildman–Crippen MR) is 67.7 cm³/mol. The highest BCUT2D eigenvalue weighted by Crippen LogP contribution is 2.29. The summed E-state index contributed by atoms with van der Waals surface area (Å²) in [5, 5.41) is 3.27. The molecule has 17 heavy (non-hydrogen) atoms. The maximum absolute atomic E-state index is 11.9. The van der Waals surface area contributed by atoms with E-state index in [1.165, 1.54) is 32.1 Å². The van der Waals surface area contributed by atoms with Crippen molar-refractivity contribution in [2.45, 2.75) is 57.9 Å². The van der Waals surface area contributed by atoms with Gasteiger partial charge in [0.25, 0.3) is 0 Å².